The summed E-state index contributed by atoms with van der Waals surface area (Å²) in [6, 6.07) is 5.17. The molecule has 0 aliphatic carbocycles. The zero-order valence-electron chi connectivity index (χ0n) is 12.5. The summed E-state index contributed by atoms with van der Waals surface area (Å²) in [6.45, 7) is 3.66. The van der Waals surface area contributed by atoms with E-state index in [1.54, 1.807) is 6.07 Å². The lowest BCUT2D eigenvalue weighted by Gasteiger charge is -2.36. The van der Waals surface area contributed by atoms with E-state index in [2.05, 4.69) is 22.2 Å². The van der Waals surface area contributed by atoms with Crippen LogP contribution < -0.4 is 5.32 Å². The van der Waals surface area contributed by atoms with Gasteiger partial charge < -0.3 is 15.3 Å². The Kier molecular flexibility index (Phi) is 3.94. The van der Waals surface area contributed by atoms with E-state index in [4.69, 9.17) is 0 Å². The van der Waals surface area contributed by atoms with Gasteiger partial charge in [0.25, 0.3) is 0 Å². The molecule has 2 aliphatic rings. The standard InChI is InChI=1S/C16H25N3O/c1-11-3-6-16(20)15(18-11)10-17-9-12-7-13-4-5-14(8-12)19(13)2/h3,6,12-14,17,20H,4-5,7-10H2,1-2H3. The molecule has 0 amide bonds. The fourth-order valence-corrected chi connectivity index (χ4v) is 3.82. The minimum atomic E-state index is 0.298. The maximum atomic E-state index is 9.79. The summed E-state index contributed by atoms with van der Waals surface area (Å²) >= 11 is 0. The van der Waals surface area contributed by atoms with Crippen molar-refractivity contribution in [3.8, 4) is 5.75 Å². The van der Waals surface area contributed by atoms with Crippen molar-refractivity contribution in [2.45, 2.75) is 51.2 Å². The average Bonchev–Trinajstić information content (AvgIpc) is 2.65. The topological polar surface area (TPSA) is 48.4 Å². The second-order valence-electron chi connectivity index (χ2n) is 6.44. The molecule has 3 rings (SSSR count). The fraction of sp³-hybridized carbons (Fsp3) is 0.688. The second kappa shape index (κ2) is 5.70. The molecule has 0 saturated carbocycles. The maximum absolute atomic E-state index is 9.79. The highest BCUT2D eigenvalue weighted by molar-refractivity contribution is 5.27. The Bertz CT molecular complexity index is 463. The lowest BCUT2D eigenvalue weighted by Crippen LogP contribution is -2.42. The van der Waals surface area contributed by atoms with Gasteiger partial charge in [-0.15, -0.1) is 0 Å². The molecule has 2 saturated heterocycles. The quantitative estimate of drug-likeness (QED) is 0.883. The fourth-order valence-electron chi connectivity index (χ4n) is 3.82. The van der Waals surface area contributed by atoms with Crippen molar-refractivity contribution in [2.24, 2.45) is 5.92 Å². The summed E-state index contributed by atoms with van der Waals surface area (Å²) in [5.41, 5.74) is 1.72. The summed E-state index contributed by atoms with van der Waals surface area (Å²) < 4.78 is 0. The predicted octanol–water partition coefficient (Wildman–Crippen LogP) is 2.06. The van der Waals surface area contributed by atoms with E-state index >= 15 is 0 Å². The van der Waals surface area contributed by atoms with Crippen molar-refractivity contribution < 1.29 is 5.11 Å². The minimum absolute atomic E-state index is 0.298. The van der Waals surface area contributed by atoms with Crippen molar-refractivity contribution >= 4 is 0 Å². The molecule has 110 valence electrons. The summed E-state index contributed by atoms with van der Waals surface area (Å²) in [7, 11) is 2.28. The molecule has 2 N–H and O–H groups in total. The molecule has 1 aromatic rings. The molecule has 20 heavy (non-hydrogen) atoms. The molecule has 0 aromatic carbocycles. The molecular weight excluding hydrogens is 250 g/mol. The van der Waals surface area contributed by atoms with Crippen LogP contribution in [0.2, 0.25) is 0 Å². The van der Waals surface area contributed by atoms with Crippen molar-refractivity contribution in [1.82, 2.24) is 15.2 Å². The van der Waals surface area contributed by atoms with Gasteiger partial charge in [0, 0.05) is 24.3 Å². The van der Waals surface area contributed by atoms with Gasteiger partial charge in [0.1, 0.15) is 5.75 Å². The first-order valence-corrected chi connectivity index (χ1v) is 7.71. The number of rotatable bonds is 4. The number of aromatic nitrogens is 1. The van der Waals surface area contributed by atoms with E-state index < -0.39 is 0 Å². The molecule has 2 unspecified atom stereocenters. The second-order valence-corrected chi connectivity index (χ2v) is 6.44. The van der Waals surface area contributed by atoms with E-state index in [-0.39, 0.29) is 0 Å². The Hall–Kier alpha value is -1.13. The summed E-state index contributed by atoms with van der Waals surface area (Å²) in [6.07, 6.45) is 5.37. The van der Waals surface area contributed by atoms with Crippen LogP contribution in [0.4, 0.5) is 0 Å². The van der Waals surface area contributed by atoms with Crippen molar-refractivity contribution in [1.29, 1.82) is 0 Å². The molecule has 4 nitrogen and oxygen atoms in total. The van der Waals surface area contributed by atoms with Crippen LogP contribution in [0, 0.1) is 12.8 Å². The molecule has 0 radical (unpaired) electrons. The number of aromatic hydroxyl groups is 1. The van der Waals surface area contributed by atoms with Gasteiger partial charge in [0.15, 0.2) is 0 Å². The number of hydrogen-bond acceptors (Lipinski definition) is 4. The number of hydrogen-bond donors (Lipinski definition) is 2. The number of nitrogens with zero attached hydrogens (tertiary/aromatic N) is 2. The first-order chi connectivity index (χ1) is 9.63. The van der Waals surface area contributed by atoms with E-state index in [0.717, 1.165) is 35.9 Å². The zero-order chi connectivity index (χ0) is 14.1. The Morgan fingerprint density at radius 3 is 2.70 bits per heavy atom. The molecular formula is C16H25N3O. The molecule has 2 bridgehead atoms. The summed E-state index contributed by atoms with van der Waals surface area (Å²) in [5.74, 6) is 1.07. The lowest BCUT2D eigenvalue weighted by atomic mass is 9.91. The van der Waals surface area contributed by atoms with E-state index in [0.29, 0.717) is 12.3 Å². The van der Waals surface area contributed by atoms with Crippen molar-refractivity contribution in [3.05, 3.63) is 23.5 Å². The number of aryl methyl sites for hydroxylation is 1. The van der Waals surface area contributed by atoms with Gasteiger partial charge in [0.2, 0.25) is 0 Å². The van der Waals surface area contributed by atoms with Crippen molar-refractivity contribution in [2.75, 3.05) is 13.6 Å². The van der Waals surface area contributed by atoms with Gasteiger partial charge in [0.05, 0.1) is 5.69 Å². The Balaban J connectivity index is 1.50. The lowest BCUT2D eigenvalue weighted by molar-refractivity contribution is 0.132. The smallest absolute Gasteiger partial charge is 0.138 e. The van der Waals surface area contributed by atoms with Gasteiger partial charge in [-0.05, 0) is 64.3 Å². The molecule has 3 heterocycles. The number of pyridine rings is 1. The highest BCUT2D eigenvalue weighted by Gasteiger charge is 2.37. The van der Waals surface area contributed by atoms with Crippen molar-refractivity contribution in [3.63, 3.8) is 0 Å². The number of nitrogens with one attached hydrogen (secondary N) is 1. The van der Waals surface area contributed by atoms with Crippen LogP contribution in [0.5, 0.6) is 5.75 Å². The Morgan fingerprint density at radius 2 is 2.00 bits per heavy atom. The van der Waals surface area contributed by atoms with Crippen LogP contribution in [0.25, 0.3) is 0 Å². The van der Waals surface area contributed by atoms with Crippen LogP contribution in [-0.2, 0) is 6.54 Å². The highest BCUT2D eigenvalue weighted by Crippen LogP contribution is 2.37. The van der Waals surface area contributed by atoms with E-state index in [1.165, 1.54) is 25.7 Å². The van der Waals surface area contributed by atoms with Crippen LogP contribution >= 0.6 is 0 Å². The van der Waals surface area contributed by atoms with Gasteiger partial charge in [-0.1, -0.05) is 0 Å². The molecule has 0 spiro atoms. The Labute approximate surface area is 121 Å². The molecule has 2 atom stereocenters. The first kappa shape index (κ1) is 13.8. The van der Waals surface area contributed by atoms with Gasteiger partial charge in [-0.25, -0.2) is 0 Å². The Morgan fingerprint density at radius 1 is 1.30 bits per heavy atom. The van der Waals surface area contributed by atoms with Crippen LogP contribution in [0.15, 0.2) is 12.1 Å². The maximum Gasteiger partial charge on any atom is 0.138 e. The first-order valence-electron chi connectivity index (χ1n) is 7.71. The third-order valence-electron chi connectivity index (χ3n) is 5.01. The number of piperidine rings is 1. The van der Waals surface area contributed by atoms with E-state index in [1.807, 2.05) is 13.0 Å². The van der Waals surface area contributed by atoms with E-state index in [9.17, 15) is 5.11 Å². The molecule has 1 aromatic heterocycles. The molecule has 4 heteroatoms. The SMILES string of the molecule is Cc1ccc(O)c(CNCC2CC3CCC(C2)N3C)n1. The van der Waals surface area contributed by atoms with Gasteiger partial charge >= 0.3 is 0 Å². The third-order valence-corrected chi connectivity index (χ3v) is 5.01. The zero-order valence-corrected chi connectivity index (χ0v) is 12.5. The average molecular weight is 275 g/mol. The number of fused-ring (bicyclic) bond motifs is 2. The normalized spacial score (nSPS) is 29.8. The molecule has 2 fully saturated rings. The third kappa shape index (κ3) is 2.81. The van der Waals surface area contributed by atoms with Gasteiger partial charge in [-0.3, -0.25) is 4.98 Å². The molecule has 2 aliphatic heterocycles. The summed E-state index contributed by atoms with van der Waals surface area (Å²) in [5, 5.41) is 13.3. The minimum Gasteiger partial charge on any atom is -0.506 e. The van der Waals surface area contributed by atoms with Crippen LogP contribution in [-0.4, -0.2) is 40.7 Å². The highest BCUT2D eigenvalue weighted by atomic mass is 16.3. The summed E-state index contributed by atoms with van der Waals surface area (Å²) in [4.78, 5) is 6.96. The largest absolute Gasteiger partial charge is 0.506 e. The van der Waals surface area contributed by atoms with Crippen LogP contribution in [0.3, 0.4) is 0 Å². The predicted molar refractivity (Wildman–Crippen MR) is 79.6 cm³/mol. The van der Waals surface area contributed by atoms with Gasteiger partial charge in [-0.2, -0.15) is 0 Å². The van der Waals surface area contributed by atoms with Crippen LogP contribution in [0.1, 0.15) is 37.1 Å². The monoisotopic (exact) mass is 275 g/mol.